The van der Waals surface area contributed by atoms with E-state index in [1.54, 1.807) is 24.3 Å². The molecule has 8 heteroatoms. The Hall–Kier alpha value is -3.45. The molecule has 1 aromatic heterocycles. The summed E-state index contributed by atoms with van der Waals surface area (Å²) >= 11 is 5.81. The molecule has 0 fully saturated rings. The Balaban J connectivity index is 1.91. The molecule has 28 heavy (non-hydrogen) atoms. The molecule has 2 aromatic carbocycles. The first-order valence-corrected chi connectivity index (χ1v) is 8.51. The number of aromatic nitrogens is 1. The summed E-state index contributed by atoms with van der Waals surface area (Å²) in [5, 5.41) is 11.8. The first-order valence-electron chi connectivity index (χ1n) is 8.14. The standard InChI is InChI=1S/C20H14ClFN2O4/c21-13-4-1-11(2-5-13)9-24-20(28)15-10-23-18-14(19(15)27)7-12(8-16(18)22)3-6-17(25)26/h1-8,10H,9H2,(H,23,27)(H,24,28)(H,25,26)/b6-3+. The van der Waals surface area contributed by atoms with Gasteiger partial charge in [0.2, 0.25) is 5.43 Å². The van der Waals surface area contributed by atoms with E-state index in [1.807, 2.05) is 0 Å². The molecule has 0 unspecified atom stereocenters. The molecule has 3 rings (SSSR count). The third-order valence-corrected chi connectivity index (χ3v) is 4.24. The zero-order chi connectivity index (χ0) is 20.3. The molecule has 0 aliphatic heterocycles. The Labute approximate surface area is 163 Å². The fraction of sp³-hybridized carbons (Fsp3) is 0.0500. The van der Waals surface area contributed by atoms with Gasteiger partial charge in [0.25, 0.3) is 5.91 Å². The Bertz CT molecular complexity index is 1150. The number of carbonyl (C=O) groups is 2. The summed E-state index contributed by atoms with van der Waals surface area (Å²) in [4.78, 5) is 38.3. The van der Waals surface area contributed by atoms with Gasteiger partial charge in [-0.2, -0.15) is 0 Å². The molecule has 0 aliphatic rings. The summed E-state index contributed by atoms with van der Waals surface area (Å²) in [6.45, 7) is 0.184. The first-order chi connectivity index (χ1) is 13.3. The number of aliphatic carboxylic acids is 1. The minimum absolute atomic E-state index is 0.0517. The van der Waals surface area contributed by atoms with E-state index >= 15 is 0 Å². The number of hydrogen-bond acceptors (Lipinski definition) is 3. The molecule has 1 heterocycles. The third-order valence-electron chi connectivity index (χ3n) is 3.99. The quantitative estimate of drug-likeness (QED) is 0.572. The number of pyridine rings is 1. The monoisotopic (exact) mass is 400 g/mol. The second-order valence-electron chi connectivity index (χ2n) is 5.94. The van der Waals surface area contributed by atoms with Gasteiger partial charge >= 0.3 is 5.97 Å². The van der Waals surface area contributed by atoms with Crippen LogP contribution in [0.3, 0.4) is 0 Å². The number of halogens is 2. The number of hydrogen-bond donors (Lipinski definition) is 3. The average Bonchev–Trinajstić information content (AvgIpc) is 2.66. The number of benzene rings is 2. The summed E-state index contributed by atoms with van der Waals surface area (Å²) in [6.07, 6.45) is 3.15. The van der Waals surface area contributed by atoms with Crippen molar-refractivity contribution in [1.29, 1.82) is 0 Å². The highest BCUT2D eigenvalue weighted by Crippen LogP contribution is 2.17. The number of carboxylic acids is 1. The maximum absolute atomic E-state index is 14.2. The molecule has 0 bridgehead atoms. The smallest absolute Gasteiger partial charge is 0.328 e. The van der Waals surface area contributed by atoms with Crippen LogP contribution in [0.1, 0.15) is 21.5 Å². The summed E-state index contributed by atoms with van der Waals surface area (Å²) in [5.74, 6) is -2.55. The van der Waals surface area contributed by atoms with E-state index in [1.165, 1.54) is 6.07 Å². The van der Waals surface area contributed by atoms with Crippen LogP contribution in [0, 0.1) is 5.82 Å². The number of amides is 1. The predicted octanol–water partition coefficient (Wildman–Crippen LogP) is 3.35. The van der Waals surface area contributed by atoms with Crippen molar-refractivity contribution in [2.24, 2.45) is 0 Å². The number of carbonyl (C=O) groups excluding carboxylic acids is 1. The van der Waals surface area contributed by atoms with Gasteiger partial charge in [-0.1, -0.05) is 23.7 Å². The molecule has 0 saturated heterocycles. The fourth-order valence-corrected chi connectivity index (χ4v) is 2.75. The Morgan fingerprint density at radius 2 is 1.93 bits per heavy atom. The lowest BCUT2D eigenvalue weighted by atomic mass is 10.1. The van der Waals surface area contributed by atoms with Gasteiger partial charge < -0.3 is 15.4 Å². The summed E-state index contributed by atoms with van der Waals surface area (Å²) in [5.41, 5.74) is 0.0810. The zero-order valence-electron chi connectivity index (χ0n) is 14.3. The molecule has 0 aliphatic carbocycles. The van der Waals surface area contributed by atoms with E-state index in [-0.39, 0.29) is 28.6 Å². The van der Waals surface area contributed by atoms with Crippen LogP contribution in [0.25, 0.3) is 17.0 Å². The van der Waals surface area contributed by atoms with Crippen LogP contribution in [0.5, 0.6) is 0 Å². The number of H-pyrrole nitrogens is 1. The van der Waals surface area contributed by atoms with E-state index in [2.05, 4.69) is 10.3 Å². The van der Waals surface area contributed by atoms with E-state index in [0.29, 0.717) is 5.02 Å². The van der Waals surface area contributed by atoms with Crippen molar-refractivity contribution >= 4 is 40.5 Å². The van der Waals surface area contributed by atoms with Crippen molar-refractivity contribution in [2.45, 2.75) is 6.54 Å². The molecule has 142 valence electrons. The van der Waals surface area contributed by atoms with Crippen LogP contribution in [-0.4, -0.2) is 22.0 Å². The van der Waals surface area contributed by atoms with Crippen molar-refractivity contribution in [3.63, 3.8) is 0 Å². The van der Waals surface area contributed by atoms with Crippen molar-refractivity contribution in [3.05, 3.63) is 86.4 Å². The highest BCUT2D eigenvalue weighted by Gasteiger charge is 2.15. The van der Waals surface area contributed by atoms with Gasteiger partial charge in [-0.3, -0.25) is 9.59 Å². The molecule has 3 aromatic rings. The van der Waals surface area contributed by atoms with Crippen molar-refractivity contribution in [1.82, 2.24) is 10.3 Å². The zero-order valence-corrected chi connectivity index (χ0v) is 15.1. The molecular formula is C20H14ClFN2O4. The fourth-order valence-electron chi connectivity index (χ4n) is 2.62. The van der Waals surface area contributed by atoms with Crippen LogP contribution >= 0.6 is 11.6 Å². The number of nitrogens with one attached hydrogen (secondary N) is 2. The molecule has 0 saturated carbocycles. The van der Waals surface area contributed by atoms with E-state index in [4.69, 9.17) is 16.7 Å². The van der Waals surface area contributed by atoms with Crippen LogP contribution < -0.4 is 10.7 Å². The Kier molecular flexibility index (Phi) is 5.56. The van der Waals surface area contributed by atoms with Gasteiger partial charge in [-0.25, -0.2) is 9.18 Å². The van der Waals surface area contributed by atoms with Crippen LogP contribution in [0.2, 0.25) is 5.02 Å². The average molecular weight is 401 g/mol. The van der Waals surface area contributed by atoms with Gasteiger partial charge in [0.1, 0.15) is 11.4 Å². The molecule has 0 radical (unpaired) electrons. The molecule has 0 spiro atoms. The van der Waals surface area contributed by atoms with Crippen molar-refractivity contribution < 1.29 is 19.1 Å². The van der Waals surface area contributed by atoms with E-state index < -0.39 is 23.1 Å². The van der Waals surface area contributed by atoms with Crippen molar-refractivity contribution in [2.75, 3.05) is 0 Å². The number of aromatic amines is 1. The second-order valence-corrected chi connectivity index (χ2v) is 6.37. The summed E-state index contributed by atoms with van der Waals surface area (Å²) < 4.78 is 14.2. The molecule has 0 atom stereocenters. The SMILES string of the molecule is O=C(O)/C=C/c1cc(F)c2[nH]cc(C(=O)NCc3ccc(Cl)cc3)c(=O)c2c1. The Morgan fingerprint density at radius 3 is 2.61 bits per heavy atom. The number of rotatable bonds is 5. The largest absolute Gasteiger partial charge is 0.478 e. The first kappa shape index (κ1) is 19.3. The van der Waals surface area contributed by atoms with Gasteiger partial charge in [-0.05, 0) is 41.5 Å². The highest BCUT2D eigenvalue weighted by atomic mass is 35.5. The molecular weight excluding hydrogens is 387 g/mol. The van der Waals surface area contributed by atoms with Crippen LogP contribution in [0.15, 0.2) is 53.5 Å². The lowest BCUT2D eigenvalue weighted by Crippen LogP contribution is -2.28. The lowest BCUT2D eigenvalue weighted by molar-refractivity contribution is -0.131. The van der Waals surface area contributed by atoms with E-state index in [9.17, 15) is 18.8 Å². The number of fused-ring (bicyclic) bond motifs is 1. The Morgan fingerprint density at radius 1 is 1.21 bits per heavy atom. The maximum Gasteiger partial charge on any atom is 0.328 e. The summed E-state index contributed by atoms with van der Waals surface area (Å²) in [7, 11) is 0. The maximum atomic E-state index is 14.2. The lowest BCUT2D eigenvalue weighted by Gasteiger charge is -2.07. The van der Waals surface area contributed by atoms with Crippen LogP contribution in [-0.2, 0) is 11.3 Å². The minimum atomic E-state index is -1.20. The minimum Gasteiger partial charge on any atom is -0.478 e. The van der Waals surface area contributed by atoms with Crippen LogP contribution in [0.4, 0.5) is 4.39 Å². The summed E-state index contributed by atoms with van der Waals surface area (Å²) in [6, 6.07) is 9.26. The van der Waals surface area contributed by atoms with Crippen molar-refractivity contribution in [3.8, 4) is 0 Å². The number of carboxylic acid groups (broad SMARTS) is 1. The van der Waals surface area contributed by atoms with Gasteiger partial charge in [-0.15, -0.1) is 0 Å². The van der Waals surface area contributed by atoms with E-state index in [0.717, 1.165) is 30.0 Å². The topological polar surface area (TPSA) is 99.3 Å². The molecule has 3 N–H and O–H groups in total. The van der Waals surface area contributed by atoms with Gasteiger partial charge in [0.15, 0.2) is 0 Å². The molecule has 1 amide bonds. The highest BCUT2D eigenvalue weighted by molar-refractivity contribution is 6.30. The third kappa shape index (κ3) is 4.27. The molecule has 6 nitrogen and oxygen atoms in total. The normalized spacial score (nSPS) is 11.1. The van der Waals surface area contributed by atoms with Gasteiger partial charge in [0.05, 0.1) is 5.52 Å². The second kappa shape index (κ2) is 8.06. The predicted molar refractivity (Wildman–Crippen MR) is 104 cm³/mol. The van der Waals surface area contributed by atoms with Gasteiger partial charge in [0, 0.05) is 29.2 Å².